The summed E-state index contributed by atoms with van der Waals surface area (Å²) in [7, 11) is 0. The monoisotopic (exact) mass is 281 g/mol. The molecule has 0 saturated carbocycles. The first-order chi connectivity index (χ1) is 9.00. The van der Waals surface area contributed by atoms with Gasteiger partial charge in [0.05, 0.1) is 0 Å². The summed E-state index contributed by atoms with van der Waals surface area (Å²) in [6, 6.07) is 1.94. The molecule has 1 fully saturated rings. The predicted molar refractivity (Wildman–Crippen MR) is 82.7 cm³/mol. The van der Waals surface area contributed by atoms with E-state index in [9.17, 15) is 0 Å². The molecule has 3 N–H and O–H groups in total. The second kappa shape index (κ2) is 5.96. The number of thioether (sulfide) groups is 1. The van der Waals surface area contributed by atoms with Crippen molar-refractivity contribution in [3.63, 3.8) is 0 Å². The second-order valence-electron chi connectivity index (χ2n) is 5.78. The number of hydrogen-bond donors (Lipinski definition) is 2. The number of nitrogens with two attached hydrogens (primary N) is 1. The van der Waals surface area contributed by atoms with Gasteiger partial charge in [-0.2, -0.15) is 11.8 Å². The van der Waals surface area contributed by atoms with Gasteiger partial charge >= 0.3 is 0 Å². The summed E-state index contributed by atoms with van der Waals surface area (Å²) < 4.78 is 0. The number of anilines is 2. The van der Waals surface area contributed by atoms with Gasteiger partial charge in [-0.3, -0.25) is 0 Å². The first-order valence-corrected chi connectivity index (χ1v) is 7.85. The first-order valence-electron chi connectivity index (χ1n) is 6.69. The zero-order valence-electron chi connectivity index (χ0n) is 11.9. The molecule has 1 aromatic rings. The van der Waals surface area contributed by atoms with Crippen LogP contribution >= 0.6 is 11.8 Å². The van der Waals surface area contributed by atoms with Crippen molar-refractivity contribution in [3.8, 4) is 0 Å². The van der Waals surface area contributed by atoms with Crippen LogP contribution in [-0.2, 0) is 5.41 Å². The predicted octanol–water partition coefficient (Wildman–Crippen LogP) is 2.00. The molecule has 6 heteroatoms. The van der Waals surface area contributed by atoms with Crippen LogP contribution in [0.3, 0.4) is 0 Å². The molecule has 1 aliphatic heterocycles. The fourth-order valence-electron chi connectivity index (χ4n) is 1.98. The van der Waals surface area contributed by atoms with E-state index in [2.05, 4.69) is 36.1 Å². The molecule has 0 unspecified atom stereocenters. The van der Waals surface area contributed by atoms with E-state index in [0.29, 0.717) is 5.82 Å². The lowest BCUT2D eigenvalue weighted by Gasteiger charge is -2.24. The number of nitrogen functional groups attached to an aromatic ring is 1. The van der Waals surface area contributed by atoms with Crippen molar-refractivity contribution in [1.82, 2.24) is 9.97 Å². The van der Waals surface area contributed by atoms with E-state index in [-0.39, 0.29) is 5.41 Å². The highest BCUT2D eigenvalue weighted by Gasteiger charge is 2.21. The molecule has 1 aliphatic rings. The average molecular weight is 281 g/mol. The smallest absolute Gasteiger partial charge is 0.145 e. The molecule has 5 nitrogen and oxygen atoms in total. The molecule has 0 bridgehead atoms. The second-order valence-corrected chi connectivity index (χ2v) is 7.01. The molecule has 106 valence electrons. The van der Waals surface area contributed by atoms with Crippen LogP contribution in [0.2, 0.25) is 0 Å². The molecular weight excluding hydrogens is 258 g/mol. The van der Waals surface area contributed by atoms with Crippen molar-refractivity contribution in [2.24, 2.45) is 5.84 Å². The third-order valence-corrected chi connectivity index (χ3v) is 4.13. The maximum atomic E-state index is 5.53. The maximum absolute atomic E-state index is 5.53. The molecule has 1 saturated heterocycles. The molecule has 2 heterocycles. The van der Waals surface area contributed by atoms with Crippen LogP contribution in [0.15, 0.2) is 6.07 Å². The van der Waals surface area contributed by atoms with E-state index in [0.717, 1.165) is 30.5 Å². The number of hydrazine groups is 1. The van der Waals surface area contributed by atoms with Crippen molar-refractivity contribution in [2.45, 2.75) is 32.6 Å². The number of rotatable bonds is 2. The van der Waals surface area contributed by atoms with Crippen molar-refractivity contribution in [2.75, 3.05) is 34.9 Å². The third-order valence-electron chi connectivity index (χ3n) is 3.08. The highest BCUT2D eigenvalue weighted by molar-refractivity contribution is 7.99. The fraction of sp³-hybridized carbons (Fsp3) is 0.692. The van der Waals surface area contributed by atoms with E-state index in [4.69, 9.17) is 10.8 Å². The van der Waals surface area contributed by atoms with E-state index in [1.165, 1.54) is 12.2 Å². The normalized spacial score (nSPS) is 17.2. The number of nitrogens with one attached hydrogen (secondary N) is 1. The lowest BCUT2D eigenvalue weighted by atomic mass is 9.96. The molecule has 1 aromatic heterocycles. The minimum Gasteiger partial charge on any atom is -0.356 e. The third kappa shape index (κ3) is 3.73. The summed E-state index contributed by atoms with van der Waals surface area (Å²) in [6.45, 7) is 8.44. The van der Waals surface area contributed by atoms with E-state index in [1.807, 2.05) is 17.8 Å². The van der Waals surface area contributed by atoms with Gasteiger partial charge in [0, 0.05) is 30.3 Å². The Morgan fingerprint density at radius 1 is 1.26 bits per heavy atom. The van der Waals surface area contributed by atoms with Crippen LogP contribution in [0.4, 0.5) is 11.6 Å². The summed E-state index contributed by atoms with van der Waals surface area (Å²) >= 11 is 2.01. The van der Waals surface area contributed by atoms with Gasteiger partial charge in [0.2, 0.25) is 0 Å². The Balaban J connectivity index is 2.33. The molecule has 19 heavy (non-hydrogen) atoms. The zero-order valence-corrected chi connectivity index (χ0v) is 12.8. The Morgan fingerprint density at radius 2 is 2.05 bits per heavy atom. The lowest BCUT2D eigenvalue weighted by Crippen LogP contribution is -2.28. The van der Waals surface area contributed by atoms with Crippen LogP contribution in [0.5, 0.6) is 0 Å². The highest BCUT2D eigenvalue weighted by Crippen LogP contribution is 2.25. The molecule has 0 amide bonds. The van der Waals surface area contributed by atoms with E-state index >= 15 is 0 Å². The van der Waals surface area contributed by atoms with Gasteiger partial charge in [-0.15, -0.1) is 0 Å². The lowest BCUT2D eigenvalue weighted by molar-refractivity contribution is 0.544. The summed E-state index contributed by atoms with van der Waals surface area (Å²) in [5.41, 5.74) is 2.57. The molecule has 0 aliphatic carbocycles. The molecule has 0 atom stereocenters. The number of hydrogen-bond acceptors (Lipinski definition) is 6. The van der Waals surface area contributed by atoms with Gasteiger partial charge < -0.3 is 10.3 Å². The van der Waals surface area contributed by atoms with Crippen LogP contribution in [0, 0.1) is 0 Å². The quantitative estimate of drug-likeness (QED) is 0.638. The van der Waals surface area contributed by atoms with Gasteiger partial charge in [-0.05, 0) is 12.2 Å². The highest BCUT2D eigenvalue weighted by atomic mass is 32.2. The fourth-order valence-corrected chi connectivity index (χ4v) is 2.87. The SMILES string of the molecule is CC(C)(C)c1nc(NN)cc(N2CCCSCC2)n1. The Morgan fingerprint density at radius 3 is 2.74 bits per heavy atom. The topological polar surface area (TPSA) is 67.1 Å². The molecule has 0 radical (unpaired) electrons. The van der Waals surface area contributed by atoms with Crippen LogP contribution in [0.25, 0.3) is 0 Å². The molecular formula is C13H23N5S. The summed E-state index contributed by atoms with van der Waals surface area (Å²) in [4.78, 5) is 11.5. The number of nitrogens with zero attached hydrogens (tertiary/aromatic N) is 3. The average Bonchev–Trinajstić information content (AvgIpc) is 2.66. The van der Waals surface area contributed by atoms with Crippen molar-refractivity contribution >= 4 is 23.4 Å². The minimum absolute atomic E-state index is 0.0811. The Hall–Kier alpha value is -1.01. The summed E-state index contributed by atoms with van der Waals surface area (Å²) in [5, 5.41) is 0. The van der Waals surface area contributed by atoms with Crippen molar-refractivity contribution < 1.29 is 0 Å². The zero-order chi connectivity index (χ0) is 13.9. The van der Waals surface area contributed by atoms with E-state index < -0.39 is 0 Å². The maximum Gasteiger partial charge on any atom is 0.145 e. The van der Waals surface area contributed by atoms with Gasteiger partial charge in [0.1, 0.15) is 17.5 Å². The van der Waals surface area contributed by atoms with Gasteiger partial charge in [-0.1, -0.05) is 20.8 Å². The van der Waals surface area contributed by atoms with Crippen molar-refractivity contribution in [3.05, 3.63) is 11.9 Å². The number of aromatic nitrogens is 2. The molecule has 2 rings (SSSR count). The largest absolute Gasteiger partial charge is 0.356 e. The summed E-state index contributed by atoms with van der Waals surface area (Å²) in [5.74, 6) is 10.4. The molecule has 0 aromatic carbocycles. The van der Waals surface area contributed by atoms with Gasteiger partial charge in [-0.25, -0.2) is 15.8 Å². The van der Waals surface area contributed by atoms with Gasteiger partial charge in [0.15, 0.2) is 0 Å². The molecule has 0 spiro atoms. The Bertz CT molecular complexity index is 422. The van der Waals surface area contributed by atoms with Gasteiger partial charge in [0.25, 0.3) is 0 Å². The first kappa shape index (κ1) is 14.4. The van der Waals surface area contributed by atoms with Crippen LogP contribution < -0.4 is 16.2 Å². The van der Waals surface area contributed by atoms with E-state index in [1.54, 1.807) is 0 Å². The Kier molecular flexibility index (Phi) is 4.52. The van der Waals surface area contributed by atoms with Crippen LogP contribution in [-0.4, -0.2) is 34.6 Å². The minimum atomic E-state index is -0.0811. The van der Waals surface area contributed by atoms with Crippen molar-refractivity contribution in [1.29, 1.82) is 0 Å². The van der Waals surface area contributed by atoms with Crippen LogP contribution in [0.1, 0.15) is 33.0 Å². The standard InChI is InChI=1S/C13H23N5S/c1-13(2,3)12-15-10(17-14)9-11(16-12)18-5-4-7-19-8-6-18/h9H,4-8,14H2,1-3H3,(H,15,16,17). The Labute approximate surface area is 119 Å². The summed E-state index contributed by atoms with van der Waals surface area (Å²) in [6.07, 6.45) is 1.20.